The lowest BCUT2D eigenvalue weighted by Gasteiger charge is -2.19. The van der Waals surface area contributed by atoms with E-state index in [9.17, 15) is 17.6 Å². The fourth-order valence-electron chi connectivity index (χ4n) is 2.70. The van der Waals surface area contributed by atoms with Crippen molar-refractivity contribution in [1.82, 2.24) is 9.62 Å². The Morgan fingerprint density at radius 1 is 1.11 bits per heavy atom. The quantitative estimate of drug-likeness (QED) is 0.629. The number of benzene rings is 2. The van der Waals surface area contributed by atoms with E-state index in [-0.39, 0.29) is 20.5 Å². The molecule has 152 valence electrons. The summed E-state index contributed by atoms with van der Waals surface area (Å²) < 4.78 is 40.1. The van der Waals surface area contributed by atoms with Crippen molar-refractivity contribution < 1.29 is 17.6 Å². The second-order valence-electron chi connectivity index (χ2n) is 6.10. The van der Waals surface area contributed by atoms with Crippen molar-refractivity contribution in [1.29, 1.82) is 0 Å². The van der Waals surface area contributed by atoms with Gasteiger partial charge in [-0.15, -0.1) is 0 Å². The van der Waals surface area contributed by atoms with Crippen LogP contribution in [0.15, 0.2) is 41.3 Å². The third-order valence-electron chi connectivity index (χ3n) is 4.33. The molecule has 0 bridgehead atoms. The summed E-state index contributed by atoms with van der Waals surface area (Å²) in [6, 6.07) is 7.96. The predicted molar refractivity (Wildman–Crippen MR) is 109 cm³/mol. The largest absolute Gasteiger partial charge is 0.345 e. The molecule has 0 spiro atoms. The minimum absolute atomic E-state index is 0.0313. The van der Waals surface area contributed by atoms with Crippen LogP contribution in [0.5, 0.6) is 0 Å². The van der Waals surface area contributed by atoms with Crippen LogP contribution in [0.1, 0.15) is 42.7 Å². The Balaban J connectivity index is 2.18. The molecule has 0 saturated carbocycles. The number of carbonyl (C=O) groups is 1. The Morgan fingerprint density at radius 3 is 2.21 bits per heavy atom. The molecule has 2 rings (SSSR count). The van der Waals surface area contributed by atoms with Crippen molar-refractivity contribution in [2.45, 2.75) is 31.7 Å². The minimum atomic E-state index is -3.55. The van der Waals surface area contributed by atoms with Crippen molar-refractivity contribution in [3.8, 4) is 0 Å². The molecule has 0 aliphatic carbocycles. The summed E-state index contributed by atoms with van der Waals surface area (Å²) in [4.78, 5) is 12.6. The van der Waals surface area contributed by atoms with Crippen LogP contribution in [0.3, 0.4) is 0 Å². The molecule has 1 atom stereocenters. The summed E-state index contributed by atoms with van der Waals surface area (Å²) in [5.74, 6) is -1.30. The van der Waals surface area contributed by atoms with Crippen LogP contribution in [0.4, 0.5) is 4.39 Å². The van der Waals surface area contributed by atoms with Crippen LogP contribution in [-0.4, -0.2) is 31.7 Å². The lowest BCUT2D eigenvalue weighted by molar-refractivity contribution is 0.0939. The molecule has 2 aromatic rings. The van der Waals surface area contributed by atoms with E-state index in [2.05, 4.69) is 5.32 Å². The van der Waals surface area contributed by atoms with E-state index in [1.807, 2.05) is 0 Å². The van der Waals surface area contributed by atoms with Gasteiger partial charge in [0.05, 0.1) is 26.5 Å². The Hall–Kier alpha value is -1.67. The van der Waals surface area contributed by atoms with Gasteiger partial charge in [-0.3, -0.25) is 4.79 Å². The maximum absolute atomic E-state index is 13.6. The summed E-state index contributed by atoms with van der Waals surface area (Å²) in [6.45, 7) is 6.04. The zero-order valence-corrected chi connectivity index (χ0v) is 18.0. The molecule has 0 aromatic heterocycles. The first kappa shape index (κ1) is 22.6. The van der Waals surface area contributed by atoms with Crippen molar-refractivity contribution in [2.24, 2.45) is 0 Å². The average molecular weight is 447 g/mol. The predicted octanol–water partition coefficient (Wildman–Crippen LogP) is 4.65. The normalized spacial score (nSPS) is 12.8. The lowest BCUT2D eigenvalue weighted by atomic mass is 10.1. The van der Waals surface area contributed by atoms with Crippen molar-refractivity contribution in [3.63, 3.8) is 0 Å². The molecule has 1 amide bonds. The van der Waals surface area contributed by atoms with Gasteiger partial charge in [-0.2, -0.15) is 4.31 Å². The number of hydrogen-bond donors (Lipinski definition) is 1. The van der Waals surface area contributed by atoms with E-state index >= 15 is 0 Å². The first-order chi connectivity index (χ1) is 13.1. The lowest BCUT2D eigenvalue weighted by Crippen LogP contribution is -2.30. The standard InChI is InChI=1S/C19H21Cl2FN2O3S/c1-4-24(5-2)28(26,27)14-8-6-13(7-9-14)12(3)23-19(25)15-10-18(22)17(21)11-16(15)20/h6-12H,4-5H2,1-3H3,(H,23,25). The Bertz CT molecular complexity index is 962. The summed E-state index contributed by atoms with van der Waals surface area (Å²) in [6.07, 6.45) is 0. The van der Waals surface area contributed by atoms with Gasteiger partial charge >= 0.3 is 0 Å². The maximum Gasteiger partial charge on any atom is 0.253 e. The van der Waals surface area contributed by atoms with E-state index in [0.29, 0.717) is 18.7 Å². The fraction of sp³-hybridized carbons (Fsp3) is 0.316. The van der Waals surface area contributed by atoms with Crippen molar-refractivity contribution >= 4 is 39.1 Å². The van der Waals surface area contributed by atoms with Crippen LogP contribution < -0.4 is 5.32 Å². The molecule has 2 aromatic carbocycles. The smallest absolute Gasteiger partial charge is 0.253 e. The van der Waals surface area contributed by atoms with E-state index in [0.717, 1.165) is 6.07 Å². The highest BCUT2D eigenvalue weighted by molar-refractivity contribution is 7.89. The molecule has 0 radical (unpaired) electrons. The van der Waals surface area contributed by atoms with Gasteiger partial charge in [-0.1, -0.05) is 49.2 Å². The third kappa shape index (κ3) is 4.84. The molecule has 0 heterocycles. The number of halogens is 3. The molecule has 0 saturated heterocycles. The van der Waals surface area contributed by atoms with E-state index in [1.54, 1.807) is 32.9 Å². The number of rotatable bonds is 7. The van der Waals surface area contributed by atoms with Gasteiger partial charge in [0.25, 0.3) is 5.91 Å². The Kier molecular flexibility index (Phi) is 7.45. The topological polar surface area (TPSA) is 66.5 Å². The molecule has 0 fully saturated rings. The molecule has 5 nitrogen and oxygen atoms in total. The number of hydrogen-bond acceptors (Lipinski definition) is 3. The summed E-state index contributed by atoms with van der Waals surface area (Å²) in [7, 11) is -3.55. The van der Waals surface area contributed by atoms with Crippen LogP contribution in [0.2, 0.25) is 10.0 Å². The first-order valence-electron chi connectivity index (χ1n) is 8.67. The van der Waals surface area contributed by atoms with Crippen LogP contribution >= 0.6 is 23.2 Å². The van der Waals surface area contributed by atoms with Gasteiger partial charge in [0, 0.05) is 13.1 Å². The number of sulfonamides is 1. The SMILES string of the molecule is CCN(CC)S(=O)(=O)c1ccc(C(C)NC(=O)c2cc(F)c(Cl)cc2Cl)cc1. The summed E-state index contributed by atoms with van der Waals surface area (Å²) in [5.41, 5.74) is 0.661. The Labute approximate surface area is 174 Å². The minimum Gasteiger partial charge on any atom is -0.345 e. The number of amides is 1. The molecule has 28 heavy (non-hydrogen) atoms. The molecule has 0 aliphatic heterocycles. The van der Waals surface area contributed by atoms with Crippen LogP contribution in [0, 0.1) is 5.82 Å². The van der Waals surface area contributed by atoms with Gasteiger partial charge in [0.1, 0.15) is 5.82 Å². The monoisotopic (exact) mass is 446 g/mol. The number of nitrogens with zero attached hydrogens (tertiary/aromatic N) is 1. The van der Waals surface area contributed by atoms with Crippen LogP contribution in [0.25, 0.3) is 0 Å². The van der Waals surface area contributed by atoms with E-state index in [1.165, 1.54) is 22.5 Å². The molecule has 9 heteroatoms. The molecule has 1 N–H and O–H groups in total. The van der Waals surface area contributed by atoms with E-state index in [4.69, 9.17) is 23.2 Å². The third-order valence-corrected chi connectivity index (χ3v) is 6.99. The number of carbonyl (C=O) groups excluding carboxylic acids is 1. The zero-order chi connectivity index (χ0) is 21.1. The molecule has 1 unspecified atom stereocenters. The average Bonchev–Trinajstić information content (AvgIpc) is 2.65. The highest BCUT2D eigenvalue weighted by Crippen LogP contribution is 2.25. The first-order valence-corrected chi connectivity index (χ1v) is 10.9. The van der Waals surface area contributed by atoms with Gasteiger partial charge in [-0.25, -0.2) is 12.8 Å². The van der Waals surface area contributed by atoms with Gasteiger partial charge in [-0.05, 0) is 36.8 Å². The molecular formula is C19H21Cl2FN2O3S. The summed E-state index contributed by atoms with van der Waals surface area (Å²) in [5, 5.41) is 2.58. The second-order valence-corrected chi connectivity index (χ2v) is 8.85. The van der Waals surface area contributed by atoms with Gasteiger partial charge < -0.3 is 5.32 Å². The van der Waals surface area contributed by atoms with Crippen molar-refractivity contribution in [3.05, 3.63) is 63.4 Å². The highest BCUT2D eigenvalue weighted by atomic mass is 35.5. The zero-order valence-electron chi connectivity index (χ0n) is 15.7. The molecule has 0 aliphatic rings. The maximum atomic E-state index is 13.6. The highest BCUT2D eigenvalue weighted by Gasteiger charge is 2.22. The van der Waals surface area contributed by atoms with Gasteiger partial charge in [0.15, 0.2) is 0 Å². The Morgan fingerprint density at radius 2 is 1.68 bits per heavy atom. The van der Waals surface area contributed by atoms with Gasteiger partial charge in [0.2, 0.25) is 10.0 Å². The number of nitrogens with one attached hydrogen (secondary N) is 1. The van der Waals surface area contributed by atoms with Crippen molar-refractivity contribution in [2.75, 3.05) is 13.1 Å². The van der Waals surface area contributed by atoms with E-state index < -0.39 is 27.8 Å². The fourth-order valence-corrected chi connectivity index (χ4v) is 4.62. The molecular weight excluding hydrogens is 426 g/mol. The summed E-state index contributed by atoms with van der Waals surface area (Å²) >= 11 is 11.6. The second kappa shape index (κ2) is 9.22. The van der Waals surface area contributed by atoms with Crippen LogP contribution in [-0.2, 0) is 10.0 Å².